The number of alkyl halides is 2. The zero-order valence-corrected chi connectivity index (χ0v) is 11.7. The third-order valence-electron chi connectivity index (χ3n) is 4.10. The van der Waals surface area contributed by atoms with Crippen molar-refractivity contribution in [3.05, 3.63) is 35.4 Å². The molecule has 0 aromatic heterocycles. The Balaban J connectivity index is 1.60. The van der Waals surface area contributed by atoms with Gasteiger partial charge in [-0.3, -0.25) is 4.79 Å². The van der Waals surface area contributed by atoms with E-state index in [-0.39, 0.29) is 30.7 Å². The van der Waals surface area contributed by atoms with Crippen molar-refractivity contribution in [1.82, 2.24) is 10.6 Å². The average Bonchev–Trinajstić information content (AvgIpc) is 3.15. The molecular weight excluding hydrogens is 294 g/mol. The van der Waals surface area contributed by atoms with E-state index in [2.05, 4.69) is 10.6 Å². The van der Waals surface area contributed by atoms with Gasteiger partial charge in [0.2, 0.25) is 0 Å². The summed E-state index contributed by atoms with van der Waals surface area (Å²) in [6.07, 6.45) is -0.990. The predicted octanol–water partition coefficient (Wildman–Crippen LogP) is 2.34. The standard InChI is InChI=1S/C15H16F2N2O3/c16-15(17)6-10(7-15)18-13(20)9-3-1-2-8(4-9)11-5-12(11)19-14(21)22/h1-4,10-12,19H,5-7H2,(H,18,20)(H,21,22)/t11-,12+/m0/s1. The van der Waals surface area contributed by atoms with Crippen LogP contribution in [-0.4, -0.2) is 35.1 Å². The Hall–Kier alpha value is -2.18. The molecule has 0 aliphatic heterocycles. The molecule has 0 saturated heterocycles. The molecule has 7 heteroatoms. The van der Waals surface area contributed by atoms with Crippen molar-refractivity contribution >= 4 is 12.0 Å². The molecule has 2 aliphatic carbocycles. The first-order chi connectivity index (χ1) is 10.3. The van der Waals surface area contributed by atoms with E-state index in [9.17, 15) is 18.4 Å². The molecule has 2 fully saturated rings. The summed E-state index contributed by atoms with van der Waals surface area (Å²) in [5.74, 6) is -2.97. The van der Waals surface area contributed by atoms with E-state index in [0.29, 0.717) is 12.0 Å². The number of benzene rings is 1. The Labute approximate surface area is 125 Å². The Morgan fingerprint density at radius 1 is 1.23 bits per heavy atom. The number of rotatable bonds is 4. The summed E-state index contributed by atoms with van der Waals surface area (Å²) in [4.78, 5) is 22.6. The van der Waals surface area contributed by atoms with Gasteiger partial charge in [-0.15, -0.1) is 0 Å². The number of nitrogens with one attached hydrogen (secondary N) is 2. The maximum absolute atomic E-state index is 12.8. The van der Waals surface area contributed by atoms with Crippen LogP contribution in [0, 0.1) is 0 Å². The molecule has 3 N–H and O–H groups in total. The third-order valence-corrected chi connectivity index (χ3v) is 4.10. The number of hydrogen-bond donors (Lipinski definition) is 3. The summed E-state index contributed by atoms with van der Waals surface area (Å²) >= 11 is 0. The number of carboxylic acid groups (broad SMARTS) is 1. The van der Waals surface area contributed by atoms with Crippen LogP contribution in [0.5, 0.6) is 0 Å². The minimum atomic E-state index is -2.66. The quantitative estimate of drug-likeness (QED) is 0.798. The molecular formula is C15H16F2N2O3. The molecule has 1 aromatic carbocycles. The highest BCUT2D eigenvalue weighted by molar-refractivity contribution is 5.94. The van der Waals surface area contributed by atoms with Crippen LogP contribution in [0.3, 0.4) is 0 Å². The molecule has 118 valence electrons. The fourth-order valence-corrected chi connectivity index (χ4v) is 2.82. The number of carbonyl (C=O) groups excluding carboxylic acids is 1. The molecule has 2 amide bonds. The molecule has 1 aromatic rings. The molecule has 0 unspecified atom stereocenters. The number of carbonyl (C=O) groups is 2. The maximum Gasteiger partial charge on any atom is 0.404 e. The molecule has 0 bridgehead atoms. The van der Waals surface area contributed by atoms with Gasteiger partial charge in [0.05, 0.1) is 0 Å². The number of halogens is 2. The SMILES string of the molecule is O=C(O)N[C@@H]1C[C@H]1c1cccc(C(=O)NC2CC(F)(F)C2)c1. The molecule has 3 rings (SSSR count). The highest BCUT2D eigenvalue weighted by Gasteiger charge is 2.46. The van der Waals surface area contributed by atoms with Crippen LogP contribution >= 0.6 is 0 Å². The largest absolute Gasteiger partial charge is 0.465 e. The topological polar surface area (TPSA) is 78.4 Å². The van der Waals surface area contributed by atoms with Crippen LogP contribution in [0.1, 0.15) is 41.1 Å². The van der Waals surface area contributed by atoms with Crippen LogP contribution in [0.4, 0.5) is 13.6 Å². The molecule has 22 heavy (non-hydrogen) atoms. The van der Waals surface area contributed by atoms with Crippen molar-refractivity contribution < 1.29 is 23.5 Å². The lowest BCUT2D eigenvalue weighted by Crippen LogP contribution is -2.50. The van der Waals surface area contributed by atoms with Gasteiger partial charge in [0.25, 0.3) is 11.8 Å². The van der Waals surface area contributed by atoms with Gasteiger partial charge in [0.1, 0.15) is 0 Å². The first-order valence-corrected chi connectivity index (χ1v) is 7.12. The van der Waals surface area contributed by atoms with Gasteiger partial charge < -0.3 is 15.7 Å². The number of amides is 2. The highest BCUT2D eigenvalue weighted by atomic mass is 19.3. The van der Waals surface area contributed by atoms with Crippen molar-refractivity contribution in [2.75, 3.05) is 0 Å². The van der Waals surface area contributed by atoms with Gasteiger partial charge >= 0.3 is 6.09 Å². The molecule has 2 atom stereocenters. The van der Waals surface area contributed by atoms with Crippen molar-refractivity contribution in [3.63, 3.8) is 0 Å². The zero-order chi connectivity index (χ0) is 15.9. The zero-order valence-electron chi connectivity index (χ0n) is 11.7. The van der Waals surface area contributed by atoms with Crippen LogP contribution in [0.15, 0.2) is 24.3 Å². The van der Waals surface area contributed by atoms with Gasteiger partial charge in [-0.1, -0.05) is 12.1 Å². The number of hydrogen-bond acceptors (Lipinski definition) is 2. The Morgan fingerprint density at radius 3 is 2.59 bits per heavy atom. The lowest BCUT2D eigenvalue weighted by molar-refractivity contribution is -0.0901. The smallest absolute Gasteiger partial charge is 0.404 e. The second kappa shape index (κ2) is 5.23. The third kappa shape index (κ3) is 3.18. The van der Waals surface area contributed by atoms with Gasteiger partial charge in [0.15, 0.2) is 0 Å². The van der Waals surface area contributed by atoms with Gasteiger partial charge in [-0.25, -0.2) is 13.6 Å². The van der Waals surface area contributed by atoms with Crippen LogP contribution in [0.2, 0.25) is 0 Å². The van der Waals surface area contributed by atoms with E-state index in [1.54, 1.807) is 18.2 Å². The van der Waals surface area contributed by atoms with Crippen molar-refractivity contribution in [3.8, 4) is 0 Å². The Bertz CT molecular complexity index is 613. The van der Waals surface area contributed by atoms with E-state index in [1.807, 2.05) is 6.07 Å². The summed E-state index contributed by atoms with van der Waals surface area (Å²) in [7, 11) is 0. The van der Waals surface area contributed by atoms with Crippen LogP contribution in [0.25, 0.3) is 0 Å². The summed E-state index contributed by atoms with van der Waals surface area (Å²) < 4.78 is 25.5. The summed E-state index contributed by atoms with van der Waals surface area (Å²) in [5, 5.41) is 13.7. The first-order valence-electron chi connectivity index (χ1n) is 7.12. The Kier molecular flexibility index (Phi) is 3.50. The minimum Gasteiger partial charge on any atom is -0.465 e. The van der Waals surface area contributed by atoms with E-state index in [0.717, 1.165) is 5.56 Å². The normalized spacial score (nSPS) is 25.9. The van der Waals surface area contributed by atoms with Gasteiger partial charge in [-0.2, -0.15) is 0 Å². The fourth-order valence-electron chi connectivity index (χ4n) is 2.82. The van der Waals surface area contributed by atoms with E-state index in [4.69, 9.17) is 5.11 Å². The Morgan fingerprint density at radius 2 is 1.95 bits per heavy atom. The maximum atomic E-state index is 12.8. The monoisotopic (exact) mass is 310 g/mol. The average molecular weight is 310 g/mol. The predicted molar refractivity (Wildman–Crippen MR) is 74.2 cm³/mol. The second-order valence-electron chi connectivity index (χ2n) is 5.96. The summed E-state index contributed by atoms with van der Waals surface area (Å²) in [6.45, 7) is 0. The lowest BCUT2D eigenvalue weighted by atomic mass is 9.88. The lowest BCUT2D eigenvalue weighted by Gasteiger charge is -2.35. The fraction of sp³-hybridized carbons (Fsp3) is 0.467. The second-order valence-corrected chi connectivity index (χ2v) is 5.96. The molecule has 5 nitrogen and oxygen atoms in total. The van der Waals surface area contributed by atoms with Crippen LogP contribution in [-0.2, 0) is 0 Å². The summed E-state index contributed by atoms with van der Waals surface area (Å²) in [6, 6.07) is 6.27. The van der Waals surface area contributed by atoms with Crippen LogP contribution < -0.4 is 10.6 Å². The molecule has 0 radical (unpaired) electrons. The molecule has 2 saturated carbocycles. The molecule has 0 heterocycles. The van der Waals surface area contributed by atoms with E-state index in [1.165, 1.54) is 0 Å². The van der Waals surface area contributed by atoms with Crippen molar-refractivity contribution in [1.29, 1.82) is 0 Å². The highest BCUT2D eigenvalue weighted by Crippen LogP contribution is 2.41. The van der Waals surface area contributed by atoms with E-state index >= 15 is 0 Å². The minimum absolute atomic E-state index is 0.0666. The van der Waals surface area contributed by atoms with Gasteiger partial charge in [0, 0.05) is 36.4 Å². The van der Waals surface area contributed by atoms with Crippen molar-refractivity contribution in [2.24, 2.45) is 0 Å². The molecule has 2 aliphatic rings. The van der Waals surface area contributed by atoms with E-state index < -0.39 is 18.1 Å². The van der Waals surface area contributed by atoms with Gasteiger partial charge in [-0.05, 0) is 24.1 Å². The summed E-state index contributed by atoms with van der Waals surface area (Å²) in [5.41, 5.74) is 1.29. The van der Waals surface area contributed by atoms with Crippen molar-refractivity contribution in [2.45, 2.75) is 43.2 Å². The molecule has 0 spiro atoms. The first kappa shape index (κ1) is 14.7.